The molecule has 0 bridgehead atoms. The molecule has 0 unspecified atom stereocenters. The third kappa shape index (κ3) is 7.40. The smallest absolute Gasteiger partial charge is 0.408 e. The third-order valence-corrected chi connectivity index (χ3v) is 4.20. The zero-order chi connectivity index (χ0) is 23.0. The van der Waals surface area contributed by atoms with Crippen LogP contribution in [0.5, 0.6) is 17.2 Å². The molecule has 2 rings (SSSR count). The second-order valence-electron chi connectivity index (χ2n) is 7.85. The van der Waals surface area contributed by atoms with E-state index in [0.29, 0.717) is 12.2 Å². The van der Waals surface area contributed by atoms with Gasteiger partial charge in [0, 0.05) is 12.1 Å². The monoisotopic (exact) mass is 431 g/mol. The van der Waals surface area contributed by atoms with E-state index in [2.05, 4.69) is 5.32 Å². The number of benzene rings is 2. The number of hydrogen-bond donors (Lipinski definition) is 2. The highest BCUT2D eigenvalue weighted by Crippen LogP contribution is 2.34. The van der Waals surface area contributed by atoms with Gasteiger partial charge in [-0.2, -0.15) is 0 Å². The molecule has 1 atom stereocenters. The molecule has 0 spiro atoms. The van der Waals surface area contributed by atoms with E-state index in [1.807, 2.05) is 30.3 Å². The van der Waals surface area contributed by atoms with Crippen molar-refractivity contribution >= 4 is 12.1 Å². The lowest BCUT2D eigenvalue weighted by Gasteiger charge is -2.24. The number of ether oxygens (including phenoxy) is 4. The number of carboxylic acid groups (broad SMARTS) is 1. The van der Waals surface area contributed by atoms with E-state index in [1.54, 1.807) is 20.8 Å². The van der Waals surface area contributed by atoms with E-state index in [0.717, 1.165) is 5.56 Å². The number of carbonyl (C=O) groups excluding carboxylic acids is 1. The quantitative estimate of drug-likeness (QED) is 0.620. The molecular weight excluding hydrogens is 402 g/mol. The molecule has 0 aliphatic heterocycles. The topological polar surface area (TPSA) is 103 Å². The van der Waals surface area contributed by atoms with Gasteiger partial charge in [-0.1, -0.05) is 30.3 Å². The second kappa shape index (κ2) is 10.6. The first-order chi connectivity index (χ1) is 14.6. The third-order valence-electron chi connectivity index (χ3n) is 4.20. The molecule has 0 radical (unpaired) electrons. The number of rotatable bonds is 9. The first-order valence-electron chi connectivity index (χ1n) is 9.78. The van der Waals surface area contributed by atoms with Gasteiger partial charge >= 0.3 is 12.1 Å². The Hall–Kier alpha value is -3.42. The predicted octanol–water partition coefficient (Wildman–Crippen LogP) is 3.92. The molecule has 0 saturated heterocycles. The lowest BCUT2D eigenvalue weighted by Crippen LogP contribution is -2.43. The van der Waals surface area contributed by atoms with Gasteiger partial charge in [0.2, 0.25) is 0 Å². The number of methoxy groups -OCH3 is 2. The first kappa shape index (κ1) is 23.9. The average Bonchev–Trinajstić information content (AvgIpc) is 2.70. The summed E-state index contributed by atoms with van der Waals surface area (Å²) in [6, 6.07) is 11.9. The van der Waals surface area contributed by atoms with Gasteiger partial charge in [-0.05, 0) is 32.8 Å². The van der Waals surface area contributed by atoms with Crippen molar-refractivity contribution in [1.29, 1.82) is 0 Å². The maximum atomic E-state index is 12.3. The standard InChI is InChI=1S/C23H29NO7/c1-23(2,3)31-22(27)24-16(11-15-9-7-6-8-10-15)14-30-18-13-20(29-5)19(28-4)12-17(18)21(25)26/h6-10,12-13,16H,11,14H2,1-5H3,(H,24,27)(H,25,26)/t16-/m1/s1. The Kier molecular flexibility index (Phi) is 8.13. The summed E-state index contributed by atoms with van der Waals surface area (Å²) in [6.07, 6.45) is -0.113. The Balaban J connectivity index is 2.23. The predicted molar refractivity (Wildman–Crippen MR) is 115 cm³/mol. The van der Waals surface area contributed by atoms with Crippen molar-refractivity contribution < 1.29 is 33.6 Å². The fraction of sp³-hybridized carbons (Fsp3) is 0.391. The van der Waals surface area contributed by atoms with E-state index in [4.69, 9.17) is 18.9 Å². The number of hydrogen-bond acceptors (Lipinski definition) is 6. The summed E-state index contributed by atoms with van der Waals surface area (Å²) in [5.41, 5.74) is 0.258. The van der Waals surface area contributed by atoms with Crippen molar-refractivity contribution in [2.75, 3.05) is 20.8 Å². The zero-order valence-corrected chi connectivity index (χ0v) is 18.4. The number of alkyl carbamates (subject to hydrolysis) is 1. The molecule has 1 amide bonds. The molecule has 0 fully saturated rings. The molecule has 0 aromatic heterocycles. The normalized spacial score (nSPS) is 11.9. The first-order valence-corrected chi connectivity index (χ1v) is 9.78. The van der Waals surface area contributed by atoms with Gasteiger partial charge in [0.25, 0.3) is 0 Å². The van der Waals surface area contributed by atoms with Crippen LogP contribution in [0, 0.1) is 0 Å². The van der Waals surface area contributed by atoms with Crippen LogP contribution in [-0.4, -0.2) is 49.6 Å². The van der Waals surface area contributed by atoms with Crippen LogP contribution in [0.3, 0.4) is 0 Å². The van der Waals surface area contributed by atoms with Crippen molar-refractivity contribution in [3.8, 4) is 17.2 Å². The minimum Gasteiger partial charge on any atom is -0.493 e. The van der Waals surface area contributed by atoms with Gasteiger partial charge in [-0.25, -0.2) is 9.59 Å². The van der Waals surface area contributed by atoms with Gasteiger partial charge in [0.1, 0.15) is 23.5 Å². The molecule has 8 nitrogen and oxygen atoms in total. The lowest BCUT2D eigenvalue weighted by molar-refractivity contribution is 0.0485. The number of nitrogens with one attached hydrogen (secondary N) is 1. The van der Waals surface area contributed by atoms with Crippen LogP contribution in [0.2, 0.25) is 0 Å². The summed E-state index contributed by atoms with van der Waals surface area (Å²) in [4.78, 5) is 24.0. The van der Waals surface area contributed by atoms with Gasteiger partial charge < -0.3 is 29.4 Å². The Morgan fingerprint density at radius 1 is 1.00 bits per heavy atom. The van der Waals surface area contributed by atoms with Crippen molar-refractivity contribution in [2.45, 2.75) is 38.8 Å². The van der Waals surface area contributed by atoms with Crippen LogP contribution < -0.4 is 19.5 Å². The van der Waals surface area contributed by atoms with Crippen LogP contribution in [0.25, 0.3) is 0 Å². The van der Waals surface area contributed by atoms with E-state index in [-0.39, 0.29) is 23.7 Å². The lowest BCUT2D eigenvalue weighted by atomic mass is 10.1. The minimum atomic E-state index is -1.17. The summed E-state index contributed by atoms with van der Waals surface area (Å²) in [7, 11) is 2.87. The maximum Gasteiger partial charge on any atom is 0.408 e. The molecule has 2 N–H and O–H groups in total. The summed E-state index contributed by atoms with van der Waals surface area (Å²) in [5.74, 6) is -0.452. The fourth-order valence-corrected chi connectivity index (χ4v) is 2.86. The Labute approximate surface area is 182 Å². The SMILES string of the molecule is COc1cc(OC[C@@H](Cc2ccccc2)NC(=O)OC(C)(C)C)c(C(=O)O)cc1OC. The van der Waals surface area contributed by atoms with Crippen molar-refractivity contribution in [1.82, 2.24) is 5.32 Å². The van der Waals surface area contributed by atoms with Crippen LogP contribution in [0.1, 0.15) is 36.7 Å². The summed E-state index contributed by atoms with van der Waals surface area (Å²) < 4.78 is 21.6. The van der Waals surface area contributed by atoms with Crippen molar-refractivity contribution in [3.05, 3.63) is 53.6 Å². The largest absolute Gasteiger partial charge is 0.493 e. The van der Waals surface area contributed by atoms with E-state index in [9.17, 15) is 14.7 Å². The van der Waals surface area contributed by atoms with E-state index in [1.165, 1.54) is 26.4 Å². The van der Waals surface area contributed by atoms with Crippen LogP contribution in [0.15, 0.2) is 42.5 Å². The van der Waals surface area contributed by atoms with Crippen LogP contribution in [-0.2, 0) is 11.2 Å². The molecular formula is C23H29NO7. The number of carboxylic acids is 1. The Morgan fingerprint density at radius 2 is 1.61 bits per heavy atom. The highest BCUT2D eigenvalue weighted by molar-refractivity contribution is 5.92. The van der Waals surface area contributed by atoms with Crippen LogP contribution >= 0.6 is 0 Å². The van der Waals surface area contributed by atoms with Crippen LogP contribution in [0.4, 0.5) is 4.79 Å². The maximum absolute atomic E-state index is 12.3. The fourth-order valence-electron chi connectivity index (χ4n) is 2.86. The molecule has 2 aromatic rings. The van der Waals surface area contributed by atoms with Gasteiger partial charge in [-0.15, -0.1) is 0 Å². The molecule has 0 heterocycles. The molecule has 8 heteroatoms. The van der Waals surface area contributed by atoms with E-state index >= 15 is 0 Å². The molecule has 2 aromatic carbocycles. The minimum absolute atomic E-state index is 0.0178. The van der Waals surface area contributed by atoms with Gasteiger partial charge in [-0.3, -0.25) is 0 Å². The molecule has 168 valence electrons. The highest BCUT2D eigenvalue weighted by Gasteiger charge is 2.22. The summed E-state index contributed by atoms with van der Waals surface area (Å²) in [5, 5.41) is 12.4. The highest BCUT2D eigenvalue weighted by atomic mass is 16.6. The zero-order valence-electron chi connectivity index (χ0n) is 18.4. The van der Waals surface area contributed by atoms with Crippen molar-refractivity contribution in [3.63, 3.8) is 0 Å². The van der Waals surface area contributed by atoms with E-state index < -0.39 is 23.7 Å². The van der Waals surface area contributed by atoms with Gasteiger partial charge in [0.15, 0.2) is 11.5 Å². The molecule has 0 saturated carbocycles. The molecule has 0 aliphatic carbocycles. The number of amides is 1. The molecule has 0 aliphatic rings. The van der Waals surface area contributed by atoms with Gasteiger partial charge in [0.05, 0.1) is 20.3 Å². The summed E-state index contributed by atoms with van der Waals surface area (Å²) in [6.45, 7) is 5.35. The number of aromatic carboxylic acids is 1. The molecule has 31 heavy (non-hydrogen) atoms. The summed E-state index contributed by atoms with van der Waals surface area (Å²) >= 11 is 0. The number of carbonyl (C=O) groups is 2. The Morgan fingerprint density at radius 3 is 2.16 bits per heavy atom. The second-order valence-corrected chi connectivity index (χ2v) is 7.85. The Bertz CT molecular complexity index is 891. The average molecular weight is 431 g/mol. The van der Waals surface area contributed by atoms with Crippen molar-refractivity contribution in [2.24, 2.45) is 0 Å².